The number of ether oxygens (including phenoxy) is 2. The van der Waals surface area contributed by atoms with E-state index in [1.807, 2.05) is 0 Å². The van der Waals surface area contributed by atoms with Crippen LogP contribution in [0.25, 0.3) is 0 Å². The van der Waals surface area contributed by atoms with Crippen LogP contribution in [0.15, 0.2) is 0 Å². The predicted octanol–water partition coefficient (Wildman–Crippen LogP) is 3.04. The minimum Gasteiger partial charge on any atom is -0.347 e. The van der Waals surface area contributed by atoms with Gasteiger partial charge in [0.15, 0.2) is 5.79 Å². The number of rotatable bonds is 6. The van der Waals surface area contributed by atoms with Crippen molar-refractivity contribution < 1.29 is 9.47 Å². The van der Waals surface area contributed by atoms with Crippen LogP contribution in [-0.4, -0.2) is 42.6 Å². The van der Waals surface area contributed by atoms with Crippen LogP contribution < -0.4 is 5.32 Å². The van der Waals surface area contributed by atoms with E-state index in [1.165, 1.54) is 18.6 Å². The van der Waals surface area contributed by atoms with Crippen molar-refractivity contribution in [3.8, 4) is 0 Å². The molecule has 1 saturated heterocycles. The standard InChI is InChI=1S/C15H29NO2S/c1-4-7-16-13-5-6-15(17-8-9-18-15)10-14(13)19-11-12(2)3/h12-14,16H,4-11H2,1-3H3. The van der Waals surface area contributed by atoms with E-state index < -0.39 is 0 Å². The third-order valence-electron chi connectivity index (χ3n) is 3.91. The van der Waals surface area contributed by atoms with E-state index in [9.17, 15) is 0 Å². The predicted molar refractivity (Wildman–Crippen MR) is 81.7 cm³/mol. The summed E-state index contributed by atoms with van der Waals surface area (Å²) in [6.45, 7) is 9.49. The topological polar surface area (TPSA) is 30.5 Å². The van der Waals surface area contributed by atoms with Crippen LogP contribution in [0, 0.1) is 5.92 Å². The van der Waals surface area contributed by atoms with Gasteiger partial charge in [0.25, 0.3) is 0 Å². The Bertz CT molecular complexity index is 267. The van der Waals surface area contributed by atoms with E-state index in [0.717, 1.165) is 38.5 Å². The van der Waals surface area contributed by atoms with Crippen molar-refractivity contribution >= 4 is 11.8 Å². The quantitative estimate of drug-likeness (QED) is 0.813. The Morgan fingerprint density at radius 2 is 2.05 bits per heavy atom. The second-order valence-corrected chi connectivity index (χ2v) is 7.45. The molecule has 3 nitrogen and oxygen atoms in total. The van der Waals surface area contributed by atoms with Gasteiger partial charge >= 0.3 is 0 Å². The Hall–Kier alpha value is 0.230. The van der Waals surface area contributed by atoms with E-state index in [0.29, 0.717) is 11.3 Å². The molecule has 0 radical (unpaired) electrons. The molecule has 2 unspecified atom stereocenters. The molecule has 1 spiro atoms. The molecule has 1 aliphatic heterocycles. The van der Waals surface area contributed by atoms with E-state index in [2.05, 4.69) is 37.8 Å². The summed E-state index contributed by atoms with van der Waals surface area (Å²) in [5.41, 5.74) is 0. The summed E-state index contributed by atoms with van der Waals surface area (Å²) in [7, 11) is 0. The summed E-state index contributed by atoms with van der Waals surface area (Å²) in [6.07, 6.45) is 4.48. The molecule has 0 aromatic heterocycles. The minimum atomic E-state index is -0.251. The molecule has 1 N–H and O–H groups in total. The molecule has 19 heavy (non-hydrogen) atoms. The third-order valence-corrected chi connectivity index (χ3v) is 5.69. The van der Waals surface area contributed by atoms with Crippen LogP contribution in [0.5, 0.6) is 0 Å². The summed E-state index contributed by atoms with van der Waals surface area (Å²) in [5, 5.41) is 4.35. The van der Waals surface area contributed by atoms with Crippen LogP contribution in [0.4, 0.5) is 0 Å². The van der Waals surface area contributed by atoms with Gasteiger partial charge < -0.3 is 14.8 Å². The lowest BCUT2D eigenvalue weighted by Crippen LogP contribution is -2.50. The second kappa shape index (κ2) is 7.30. The third kappa shape index (κ3) is 4.35. The highest BCUT2D eigenvalue weighted by atomic mass is 32.2. The molecule has 2 fully saturated rings. The van der Waals surface area contributed by atoms with Crippen molar-refractivity contribution in [1.29, 1.82) is 0 Å². The van der Waals surface area contributed by atoms with Crippen molar-refractivity contribution in [2.24, 2.45) is 5.92 Å². The van der Waals surface area contributed by atoms with Crippen molar-refractivity contribution in [2.75, 3.05) is 25.5 Å². The minimum absolute atomic E-state index is 0.251. The summed E-state index contributed by atoms with van der Waals surface area (Å²) >= 11 is 2.10. The molecule has 1 aliphatic carbocycles. The molecule has 0 bridgehead atoms. The molecule has 2 aliphatic rings. The maximum absolute atomic E-state index is 5.91. The molecule has 1 saturated carbocycles. The van der Waals surface area contributed by atoms with Crippen LogP contribution in [0.1, 0.15) is 46.5 Å². The average molecular weight is 287 g/mol. The van der Waals surface area contributed by atoms with E-state index in [-0.39, 0.29) is 5.79 Å². The van der Waals surface area contributed by atoms with Gasteiger partial charge in [0, 0.05) is 24.1 Å². The monoisotopic (exact) mass is 287 g/mol. The van der Waals surface area contributed by atoms with E-state index >= 15 is 0 Å². The molecule has 2 rings (SSSR count). The first-order valence-corrected chi connectivity index (χ1v) is 8.83. The molecular weight excluding hydrogens is 258 g/mol. The lowest BCUT2D eigenvalue weighted by atomic mass is 9.89. The van der Waals surface area contributed by atoms with E-state index in [4.69, 9.17) is 9.47 Å². The summed E-state index contributed by atoms with van der Waals surface area (Å²) in [4.78, 5) is 0. The van der Waals surface area contributed by atoms with Gasteiger partial charge in [-0.05, 0) is 31.1 Å². The number of nitrogens with one attached hydrogen (secondary N) is 1. The van der Waals surface area contributed by atoms with Crippen molar-refractivity contribution in [2.45, 2.75) is 63.5 Å². The van der Waals surface area contributed by atoms with Crippen molar-refractivity contribution in [1.82, 2.24) is 5.32 Å². The van der Waals surface area contributed by atoms with Crippen molar-refractivity contribution in [3.63, 3.8) is 0 Å². The second-order valence-electron chi connectivity index (χ2n) is 6.18. The van der Waals surface area contributed by atoms with Gasteiger partial charge in [0.1, 0.15) is 0 Å². The molecule has 112 valence electrons. The normalized spacial score (nSPS) is 30.3. The number of thioether (sulfide) groups is 1. The fraction of sp³-hybridized carbons (Fsp3) is 1.00. The zero-order chi connectivity index (χ0) is 13.7. The first-order valence-electron chi connectivity index (χ1n) is 7.78. The first-order chi connectivity index (χ1) is 9.15. The molecule has 1 heterocycles. The molecule has 2 atom stereocenters. The lowest BCUT2D eigenvalue weighted by molar-refractivity contribution is -0.178. The van der Waals surface area contributed by atoms with Gasteiger partial charge in [-0.2, -0.15) is 11.8 Å². The Morgan fingerprint density at radius 3 is 2.68 bits per heavy atom. The highest BCUT2D eigenvalue weighted by molar-refractivity contribution is 7.99. The highest BCUT2D eigenvalue weighted by Crippen LogP contribution is 2.40. The highest BCUT2D eigenvalue weighted by Gasteiger charge is 2.45. The van der Waals surface area contributed by atoms with Gasteiger partial charge in [-0.1, -0.05) is 20.8 Å². The molecule has 4 heteroatoms. The zero-order valence-electron chi connectivity index (χ0n) is 12.6. The Labute approximate surface area is 122 Å². The Morgan fingerprint density at radius 1 is 1.32 bits per heavy atom. The fourth-order valence-electron chi connectivity index (χ4n) is 2.93. The van der Waals surface area contributed by atoms with Crippen LogP contribution in [0.2, 0.25) is 0 Å². The van der Waals surface area contributed by atoms with Gasteiger partial charge in [-0.25, -0.2) is 0 Å². The largest absolute Gasteiger partial charge is 0.347 e. The zero-order valence-corrected chi connectivity index (χ0v) is 13.4. The van der Waals surface area contributed by atoms with Crippen LogP contribution in [-0.2, 0) is 9.47 Å². The Balaban J connectivity index is 1.92. The smallest absolute Gasteiger partial charge is 0.169 e. The molecule has 0 aromatic rings. The maximum Gasteiger partial charge on any atom is 0.169 e. The molecular formula is C15H29NO2S. The van der Waals surface area contributed by atoms with E-state index in [1.54, 1.807) is 0 Å². The van der Waals surface area contributed by atoms with Gasteiger partial charge in [0.2, 0.25) is 0 Å². The molecule has 0 aromatic carbocycles. The van der Waals surface area contributed by atoms with Crippen LogP contribution >= 0.6 is 11.8 Å². The van der Waals surface area contributed by atoms with Gasteiger partial charge in [-0.15, -0.1) is 0 Å². The SMILES string of the molecule is CCCNC1CCC2(CC1SCC(C)C)OCCO2. The van der Waals surface area contributed by atoms with Gasteiger partial charge in [-0.3, -0.25) is 0 Å². The average Bonchev–Trinajstić information content (AvgIpc) is 2.83. The number of hydrogen-bond acceptors (Lipinski definition) is 4. The molecule has 0 amide bonds. The number of hydrogen-bond donors (Lipinski definition) is 1. The Kier molecular flexibility index (Phi) is 6.00. The first kappa shape index (κ1) is 15.6. The van der Waals surface area contributed by atoms with Crippen LogP contribution in [0.3, 0.4) is 0 Å². The van der Waals surface area contributed by atoms with Gasteiger partial charge in [0.05, 0.1) is 13.2 Å². The maximum atomic E-state index is 5.91. The summed E-state index contributed by atoms with van der Waals surface area (Å²) in [6, 6.07) is 0.627. The summed E-state index contributed by atoms with van der Waals surface area (Å²) < 4.78 is 11.8. The van der Waals surface area contributed by atoms with Crippen molar-refractivity contribution in [3.05, 3.63) is 0 Å². The lowest BCUT2D eigenvalue weighted by Gasteiger charge is -2.41. The summed E-state index contributed by atoms with van der Waals surface area (Å²) in [5.74, 6) is 1.73. The fourth-order valence-corrected chi connectivity index (χ4v) is 4.39.